The van der Waals surface area contributed by atoms with Crippen LogP contribution < -0.4 is 0 Å². The Hall–Kier alpha value is 0.650. The molecule has 1 saturated carbocycles. The second-order valence-corrected chi connectivity index (χ2v) is 7.81. The van der Waals surface area contributed by atoms with Gasteiger partial charge in [0.2, 0.25) is 0 Å². The molecule has 0 radical (unpaired) electrons. The van der Waals surface area contributed by atoms with E-state index in [0.29, 0.717) is 5.41 Å². The molecular weight excluding hydrogens is 351 g/mol. The molecule has 2 nitrogen and oxygen atoms in total. The van der Waals surface area contributed by atoms with Gasteiger partial charge in [0, 0.05) is 11.0 Å². The number of ether oxygens (including phenoxy) is 2. The predicted octanol–water partition coefficient (Wildman–Crippen LogP) is 4.84. The minimum atomic E-state index is 0.0961. The summed E-state index contributed by atoms with van der Waals surface area (Å²) in [6.45, 7) is 12.8. The fraction of sp³-hybridized carbons (Fsp3) is 1.00. The minimum Gasteiger partial charge on any atom is -0.379 e. The van der Waals surface area contributed by atoms with E-state index < -0.39 is 0 Å². The normalized spacial score (nSPS) is 30.3. The Morgan fingerprint density at radius 3 is 2.26 bits per heavy atom. The van der Waals surface area contributed by atoms with Crippen molar-refractivity contribution in [3.8, 4) is 0 Å². The number of hydrogen-bond acceptors (Lipinski definition) is 2. The van der Waals surface area contributed by atoms with Gasteiger partial charge >= 0.3 is 0 Å². The molecule has 0 aromatic rings. The van der Waals surface area contributed by atoms with Crippen LogP contribution in [0.4, 0.5) is 0 Å². The molecule has 1 aliphatic carbocycles. The molecule has 0 bridgehead atoms. The second-order valence-electron chi connectivity index (χ2n) is 7.04. The molecule has 19 heavy (non-hydrogen) atoms. The van der Waals surface area contributed by atoms with Gasteiger partial charge in [-0.2, -0.15) is 0 Å². The van der Waals surface area contributed by atoms with Gasteiger partial charge in [0.05, 0.1) is 18.3 Å². The lowest BCUT2D eigenvalue weighted by atomic mass is 9.69. The van der Waals surface area contributed by atoms with Gasteiger partial charge in [-0.15, -0.1) is 0 Å². The van der Waals surface area contributed by atoms with Crippen LogP contribution >= 0.6 is 22.6 Å². The highest BCUT2D eigenvalue weighted by Crippen LogP contribution is 2.43. The Morgan fingerprint density at radius 2 is 1.84 bits per heavy atom. The van der Waals surface area contributed by atoms with Crippen molar-refractivity contribution in [1.82, 2.24) is 0 Å². The second kappa shape index (κ2) is 7.60. The van der Waals surface area contributed by atoms with E-state index in [0.717, 1.165) is 23.6 Å². The summed E-state index contributed by atoms with van der Waals surface area (Å²) in [5.74, 6) is 0.842. The summed E-state index contributed by atoms with van der Waals surface area (Å²) in [5, 5.41) is 0. The third kappa shape index (κ3) is 5.50. The number of rotatable bonds is 6. The maximum absolute atomic E-state index is 6.36. The summed E-state index contributed by atoms with van der Waals surface area (Å²) in [6, 6.07) is 0. The fourth-order valence-electron chi connectivity index (χ4n) is 3.04. The zero-order valence-corrected chi connectivity index (χ0v) is 15.5. The Kier molecular flexibility index (Phi) is 7.08. The van der Waals surface area contributed by atoms with Crippen molar-refractivity contribution in [3.63, 3.8) is 0 Å². The number of halogens is 1. The van der Waals surface area contributed by atoms with E-state index >= 15 is 0 Å². The first-order valence-corrected chi connectivity index (χ1v) is 9.17. The van der Waals surface area contributed by atoms with Crippen LogP contribution in [-0.4, -0.2) is 29.3 Å². The minimum absolute atomic E-state index is 0.0961. The fourth-order valence-corrected chi connectivity index (χ4v) is 3.98. The molecule has 0 amide bonds. The molecule has 114 valence electrons. The van der Waals surface area contributed by atoms with Gasteiger partial charge < -0.3 is 9.47 Å². The van der Waals surface area contributed by atoms with Gasteiger partial charge in [-0.3, -0.25) is 0 Å². The summed E-state index contributed by atoms with van der Waals surface area (Å²) in [4.78, 5) is 0. The summed E-state index contributed by atoms with van der Waals surface area (Å²) in [5.41, 5.74) is 0.535. The molecule has 1 fully saturated rings. The quantitative estimate of drug-likeness (QED) is 0.484. The smallest absolute Gasteiger partial charge is 0.0788 e. The van der Waals surface area contributed by atoms with E-state index in [9.17, 15) is 0 Å². The molecule has 0 aromatic heterocycles. The molecule has 3 heteroatoms. The standard InChI is InChI=1S/C16H31IO2/c1-6-18-11-13(2)19-16(12-17)9-7-14(8-10-16)15(3,4)5/h13-14H,6-12H2,1-5H3. The number of alkyl halides is 1. The van der Waals surface area contributed by atoms with Crippen LogP contribution in [0.15, 0.2) is 0 Å². The van der Waals surface area contributed by atoms with E-state index in [1.165, 1.54) is 25.7 Å². The Balaban J connectivity index is 2.50. The highest BCUT2D eigenvalue weighted by molar-refractivity contribution is 14.1. The first kappa shape index (κ1) is 17.7. The van der Waals surface area contributed by atoms with Crippen LogP contribution in [0.2, 0.25) is 0 Å². The Bertz CT molecular complexity index is 252. The average Bonchev–Trinajstić information content (AvgIpc) is 2.36. The summed E-state index contributed by atoms with van der Waals surface area (Å²) >= 11 is 2.49. The molecule has 1 unspecified atom stereocenters. The zero-order valence-electron chi connectivity index (χ0n) is 13.3. The van der Waals surface area contributed by atoms with Crippen molar-refractivity contribution in [2.75, 3.05) is 17.6 Å². The van der Waals surface area contributed by atoms with E-state index in [1.807, 2.05) is 6.92 Å². The van der Waals surface area contributed by atoms with E-state index in [2.05, 4.69) is 50.3 Å². The molecule has 0 aliphatic heterocycles. The highest BCUT2D eigenvalue weighted by Gasteiger charge is 2.39. The lowest BCUT2D eigenvalue weighted by molar-refractivity contribution is -0.122. The molecular formula is C16H31IO2. The van der Waals surface area contributed by atoms with Crippen LogP contribution in [-0.2, 0) is 9.47 Å². The van der Waals surface area contributed by atoms with Crippen LogP contribution in [0.1, 0.15) is 60.3 Å². The van der Waals surface area contributed by atoms with Crippen LogP contribution in [0.5, 0.6) is 0 Å². The Morgan fingerprint density at radius 1 is 1.26 bits per heavy atom. The van der Waals surface area contributed by atoms with Crippen molar-refractivity contribution in [3.05, 3.63) is 0 Å². The summed E-state index contributed by atoms with van der Waals surface area (Å²) in [6.07, 6.45) is 5.21. The summed E-state index contributed by atoms with van der Waals surface area (Å²) in [7, 11) is 0. The predicted molar refractivity (Wildman–Crippen MR) is 90.1 cm³/mol. The van der Waals surface area contributed by atoms with Crippen LogP contribution in [0.25, 0.3) is 0 Å². The maximum atomic E-state index is 6.36. The van der Waals surface area contributed by atoms with Gasteiger partial charge in [-0.25, -0.2) is 0 Å². The van der Waals surface area contributed by atoms with Crippen molar-refractivity contribution >= 4 is 22.6 Å². The average molecular weight is 382 g/mol. The van der Waals surface area contributed by atoms with E-state index in [1.54, 1.807) is 0 Å². The van der Waals surface area contributed by atoms with E-state index in [-0.39, 0.29) is 11.7 Å². The van der Waals surface area contributed by atoms with Gasteiger partial charge in [0.1, 0.15) is 0 Å². The highest BCUT2D eigenvalue weighted by atomic mass is 127. The first-order chi connectivity index (χ1) is 8.83. The third-order valence-electron chi connectivity index (χ3n) is 4.37. The number of hydrogen-bond donors (Lipinski definition) is 0. The van der Waals surface area contributed by atoms with Crippen LogP contribution in [0, 0.1) is 11.3 Å². The molecule has 0 N–H and O–H groups in total. The van der Waals surface area contributed by atoms with Crippen molar-refractivity contribution in [2.45, 2.75) is 72.0 Å². The van der Waals surface area contributed by atoms with Crippen LogP contribution in [0.3, 0.4) is 0 Å². The molecule has 0 heterocycles. The maximum Gasteiger partial charge on any atom is 0.0788 e. The first-order valence-electron chi connectivity index (χ1n) is 7.64. The van der Waals surface area contributed by atoms with Gasteiger partial charge in [-0.1, -0.05) is 43.4 Å². The lowest BCUT2D eigenvalue weighted by Crippen LogP contribution is -2.44. The molecule has 1 aliphatic rings. The van der Waals surface area contributed by atoms with Gasteiger partial charge in [-0.05, 0) is 50.9 Å². The van der Waals surface area contributed by atoms with E-state index in [4.69, 9.17) is 9.47 Å². The van der Waals surface area contributed by atoms with Crippen molar-refractivity contribution < 1.29 is 9.47 Å². The van der Waals surface area contributed by atoms with Crippen molar-refractivity contribution in [2.24, 2.45) is 11.3 Å². The molecule has 0 saturated heterocycles. The Labute approximate surface area is 133 Å². The molecule has 0 spiro atoms. The SMILES string of the molecule is CCOCC(C)OC1(CI)CCC(C(C)(C)C)CC1. The largest absolute Gasteiger partial charge is 0.379 e. The zero-order chi connectivity index (χ0) is 14.5. The summed E-state index contributed by atoms with van der Waals surface area (Å²) < 4.78 is 12.9. The van der Waals surface area contributed by atoms with Gasteiger partial charge in [0.25, 0.3) is 0 Å². The van der Waals surface area contributed by atoms with Crippen molar-refractivity contribution in [1.29, 1.82) is 0 Å². The molecule has 1 rings (SSSR count). The van der Waals surface area contributed by atoms with Gasteiger partial charge in [0.15, 0.2) is 0 Å². The lowest BCUT2D eigenvalue weighted by Gasteiger charge is -2.44. The molecule has 1 atom stereocenters. The molecule has 0 aromatic carbocycles. The topological polar surface area (TPSA) is 18.5 Å². The monoisotopic (exact) mass is 382 g/mol. The third-order valence-corrected chi connectivity index (χ3v) is 5.76.